The third kappa shape index (κ3) is 5.73. The first-order valence-electron chi connectivity index (χ1n) is 19.5. The topological polar surface area (TPSA) is 0 Å². The average Bonchev–Trinajstić information content (AvgIpc) is 3.89. The fraction of sp³-hybridized carbons (Fsp3) is 0.113. The van der Waals surface area contributed by atoms with Crippen LogP contribution in [0.4, 0.5) is 0 Å². The first-order chi connectivity index (χ1) is 26.2. The molecule has 2 aliphatic rings. The Morgan fingerprint density at radius 3 is 1.20 bits per heavy atom. The van der Waals surface area contributed by atoms with Gasteiger partial charge in [-0.15, -0.1) is 0 Å². The molecule has 0 spiro atoms. The van der Waals surface area contributed by atoms with Gasteiger partial charge in [0.1, 0.15) is 0 Å². The second-order valence-corrected chi connectivity index (χ2v) is 56.6. The fourth-order valence-electron chi connectivity index (χ4n) is 10.0. The van der Waals surface area contributed by atoms with Gasteiger partial charge >= 0.3 is 321 Å². The number of allylic oxidation sites excluding steroid dienone is 2. The molecule has 2 atom stereocenters. The summed E-state index contributed by atoms with van der Waals surface area (Å²) in [4.78, 5) is 0. The van der Waals surface area contributed by atoms with Gasteiger partial charge in [-0.1, -0.05) is 0 Å². The Morgan fingerprint density at radius 1 is 0.389 bits per heavy atom. The van der Waals surface area contributed by atoms with E-state index >= 15 is 0 Å². The van der Waals surface area contributed by atoms with Crippen LogP contribution in [0.3, 0.4) is 0 Å². The Bertz CT molecular complexity index is 2520. The Balaban J connectivity index is 1.23. The van der Waals surface area contributed by atoms with Crippen molar-refractivity contribution in [1.82, 2.24) is 0 Å². The van der Waals surface area contributed by atoms with Crippen LogP contribution in [0.2, 0.25) is 14.0 Å². The van der Waals surface area contributed by atoms with E-state index in [1.54, 1.807) is 0 Å². The standard InChI is InChI=1S/2C21H15.C8H8.3CH3.Hf/c2*1-2-8-16(9-3-1)18-12-4-5-13-20(18)21-15-7-11-17-10-6-14-19(17)21;1-2-8-6-4-3-5-7-8;;;;/h2*1-15H;1,3-7H,2H2;3*1H3;. The minimum atomic E-state index is -4.84. The van der Waals surface area contributed by atoms with Crippen LogP contribution in [0, 0.1) is 0 Å². The van der Waals surface area contributed by atoms with Crippen molar-refractivity contribution in [2.75, 3.05) is 0 Å². The third-order valence-electron chi connectivity index (χ3n) is 13.1. The van der Waals surface area contributed by atoms with Gasteiger partial charge in [0.05, 0.1) is 0 Å². The molecule has 2 unspecified atom stereocenters. The van der Waals surface area contributed by atoms with Crippen LogP contribution in [0.25, 0.3) is 56.7 Å². The van der Waals surface area contributed by atoms with Gasteiger partial charge in [-0.2, -0.15) is 0 Å². The van der Waals surface area contributed by atoms with Crippen LogP contribution in [-0.4, -0.2) is 3.76 Å². The maximum absolute atomic E-state index is 4.84. The summed E-state index contributed by atoms with van der Waals surface area (Å²) in [6.45, 7) is 0. The molecule has 0 aromatic heterocycles. The van der Waals surface area contributed by atoms with E-state index in [2.05, 4.69) is 218 Å². The zero-order valence-electron chi connectivity index (χ0n) is 31.5. The predicted molar refractivity (Wildman–Crippen MR) is 232 cm³/mol. The summed E-state index contributed by atoms with van der Waals surface area (Å²) in [7, 11) is 0. The molecule has 7 aromatic rings. The van der Waals surface area contributed by atoms with E-state index in [1.807, 2.05) is 0 Å². The van der Waals surface area contributed by atoms with E-state index in [0.717, 1.165) is 6.42 Å². The molecule has 0 fully saturated rings. The van der Waals surface area contributed by atoms with Crippen molar-refractivity contribution in [3.05, 3.63) is 216 Å². The van der Waals surface area contributed by atoms with Gasteiger partial charge < -0.3 is 0 Å². The van der Waals surface area contributed by atoms with E-state index in [4.69, 9.17) is 0 Å². The molecule has 0 saturated heterocycles. The first kappa shape index (κ1) is 34.5. The fourth-order valence-corrected chi connectivity index (χ4v) is 34.7. The van der Waals surface area contributed by atoms with Crippen molar-refractivity contribution in [1.29, 1.82) is 0 Å². The molecule has 0 N–H and O–H groups in total. The van der Waals surface area contributed by atoms with Gasteiger partial charge in [-0.25, -0.2) is 0 Å². The van der Waals surface area contributed by atoms with Crippen LogP contribution in [-0.2, 0) is 23.0 Å². The van der Waals surface area contributed by atoms with Crippen molar-refractivity contribution in [2.45, 2.75) is 27.8 Å². The van der Waals surface area contributed by atoms with Crippen molar-refractivity contribution in [3.63, 3.8) is 0 Å². The van der Waals surface area contributed by atoms with Crippen LogP contribution in [0.5, 0.6) is 0 Å². The summed E-state index contributed by atoms with van der Waals surface area (Å²) < 4.78 is 11.7. The monoisotopic (exact) mass is 863 g/mol. The van der Waals surface area contributed by atoms with Gasteiger partial charge in [-0.05, 0) is 0 Å². The summed E-state index contributed by atoms with van der Waals surface area (Å²) in [5.41, 5.74) is 17.3. The molecule has 7 aromatic carbocycles. The summed E-state index contributed by atoms with van der Waals surface area (Å²) in [5, 5.41) is 0. The van der Waals surface area contributed by atoms with E-state index < -0.39 is 16.5 Å². The summed E-state index contributed by atoms with van der Waals surface area (Å²) >= 11 is -4.84. The van der Waals surface area contributed by atoms with E-state index in [0.29, 0.717) is 7.35 Å². The molecule has 0 nitrogen and oxygen atoms in total. The quantitative estimate of drug-likeness (QED) is 0.134. The van der Waals surface area contributed by atoms with E-state index in [-0.39, 0.29) is 0 Å². The van der Waals surface area contributed by atoms with Crippen LogP contribution in [0.15, 0.2) is 188 Å². The molecule has 2 aliphatic carbocycles. The maximum atomic E-state index is 2.87. The molecule has 0 saturated carbocycles. The predicted octanol–water partition coefficient (Wildman–Crippen LogP) is 14.6. The minimum absolute atomic E-state index is 0.309. The summed E-state index contributed by atoms with van der Waals surface area (Å²) in [6, 6.07) is 64.8. The van der Waals surface area contributed by atoms with Crippen molar-refractivity contribution < 1.29 is 16.5 Å². The van der Waals surface area contributed by atoms with Crippen LogP contribution < -0.4 is 0 Å². The molecule has 1 heteroatoms. The first-order valence-corrected chi connectivity index (χ1v) is 36.5. The Labute approximate surface area is 318 Å². The second-order valence-electron chi connectivity index (χ2n) is 17.6. The normalized spacial score (nSPS) is 17.0. The Morgan fingerprint density at radius 2 is 0.759 bits per heavy atom. The molecule has 54 heavy (non-hydrogen) atoms. The molecule has 0 amide bonds. The SMILES string of the molecule is [CH3][Hf]([CH3])([CH3])(=[CH]Cc1ccccc1)([CH]1C=Cc2c(-c3ccccc3-c3ccccc3)cccc21)[CH]1C=Cc2c(-c3ccccc3-c3ccccc3)cccc21. The molecule has 263 valence electrons. The van der Waals surface area contributed by atoms with Crippen molar-refractivity contribution in [2.24, 2.45) is 0 Å². The molecule has 9 rings (SSSR count). The van der Waals surface area contributed by atoms with Gasteiger partial charge in [0.25, 0.3) is 0 Å². The van der Waals surface area contributed by atoms with Crippen LogP contribution >= 0.6 is 0 Å². The van der Waals surface area contributed by atoms with E-state index in [9.17, 15) is 0 Å². The summed E-state index contributed by atoms with van der Waals surface area (Å²) in [5.74, 6) is 0. The van der Waals surface area contributed by atoms with Gasteiger partial charge in [0, 0.05) is 0 Å². The van der Waals surface area contributed by atoms with Crippen molar-refractivity contribution >= 4 is 15.9 Å². The molecular formula is C53H47Hf. The molecule has 0 heterocycles. The second kappa shape index (κ2) is 13.0. The number of benzene rings is 7. The molecular weight excluding hydrogens is 815 g/mol. The number of fused-ring (bicyclic) bond motifs is 2. The van der Waals surface area contributed by atoms with Gasteiger partial charge in [-0.3, -0.25) is 0 Å². The van der Waals surface area contributed by atoms with Crippen LogP contribution in [0.1, 0.15) is 35.2 Å². The summed E-state index contributed by atoms with van der Waals surface area (Å²) in [6.07, 6.45) is 11.1. The average molecular weight is 862 g/mol. The molecule has 0 aliphatic heterocycles. The Hall–Kier alpha value is -5.24. The molecule has 0 radical (unpaired) electrons. The third-order valence-corrected chi connectivity index (χ3v) is 42.1. The van der Waals surface area contributed by atoms with E-state index in [1.165, 1.54) is 72.3 Å². The zero-order valence-corrected chi connectivity index (χ0v) is 35.1. The van der Waals surface area contributed by atoms with Gasteiger partial charge in [0.2, 0.25) is 0 Å². The van der Waals surface area contributed by atoms with Crippen molar-refractivity contribution in [3.8, 4) is 44.5 Å². The number of hydrogen-bond donors (Lipinski definition) is 0. The zero-order chi connectivity index (χ0) is 36.8. The number of rotatable bonds is 8. The number of hydrogen-bond acceptors (Lipinski definition) is 0. The van der Waals surface area contributed by atoms with Gasteiger partial charge in [0.15, 0.2) is 0 Å². The Kier molecular flexibility index (Phi) is 8.29. The molecule has 0 bridgehead atoms.